The van der Waals surface area contributed by atoms with Gasteiger partial charge in [-0.05, 0) is 80.5 Å². The van der Waals surface area contributed by atoms with E-state index in [4.69, 9.17) is 0 Å². The molecule has 9 atom stereocenters. The fourth-order valence-electron chi connectivity index (χ4n) is 8.18. The van der Waals surface area contributed by atoms with E-state index in [-0.39, 0.29) is 22.7 Å². The second kappa shape index (κ2) is 5.41. The van der Waals surface area contributed by atoms with Crippen molar-refractivity contribution in [1.29, 1.82) is 0 Å². The van der Waals surface area contributed by atoms with Crippen molar-refractivity contribution >= 4 is 12.1 Å². The van der Waals surface area contributed by atoms with Crippen LogP contribution in [0.15, 0.2) is 0 Å². The number of carbonyl (C=O) groups excluding carboxylic acids is 2. The lowest BCUT2D eigenvalue weighted by Crippen LogP contribution is -2.61. The van der Waals surface area contributed by atoms with E-state index in [9.17, 15) is 14.7 Å². The molecular formula is C22H34O3. The van der Waals surface area contributed by atoms with E-state index in [1.54, 1.807) is 0 Å². The lowest BCUT2D eigenvalue weighted by Gasteiger charge is -2.62. The first-order valence-electron chi connectivity index (χ1n) is 10.4. The van der Waals surface area contributed by atoms with E-state index in [2.05, 4.69) is 20.8 Å². The Kier molecular flexibility index (Phi) is 3.83. The van der Waals surface area contributed by atoms with Crippen LogP contribution in [0.25, 0.3) is 0 Å². The molecule has 0 aromatic heterocycles. The molecule has 0 saturated heterocycles. The number of aldehydes is 1. The average Bonchev–Trinajstić information content (AvgIpc) is 2.81. The maximum absolute atomic E-state index is 12.5. The van der Waals surface area contributed by atoms with Crippen molar-refractivity contribution in [3.63, 3.8) is 0 Å². The van der Waals surface area contributed by atoms with Gasteiger partial charge < -0.3 is 9.90 Å². The number of carbonyl (C=O) groups is 2. The van der Waals surface area contributed by atoms with Crippen LogP contribution in [-0.2, 0) is 9.59 Å². The zero-order valence-electron chi connectivity index (χ0n) is 16.3. The minimum atomic E-state index is -0.576. The van der Waals surface area contributed by atoms with E-state index in [0.29, 0.717) is 35.9 Å². The van der Waals surface area contributed by atoms with Gasteiger partial charge in [0.15, 0.2) is 0 Å². The molecule has 0 bridgehead atoms. The van der Waals surface area contributed by atoms with Crippen molar-refractivity contribution in [1.82, 2.24) is 0 Å². The van der Waals surface area contributed by atoms with Crippen molar-refractivity contribution < 1.29 is 14.7 Å². The van der Waals surface area contributed by atoms with Crippen LogP contribution in [0.1, 0.15) is 72.6 Å². The lowest BCUT2D eigenvalue weighted by atomic mass is 9.41. The van der Waals surface area contributed by atoms with Crippen molar-refractivity contribution in [2.24, 2.45) is 46.3 Å². The van der Waals surface area contributed by atoms with Crippen LogP contribution in [0.2, 0.25) is 0 Å². The van der Waals surface area contributed by atoms with Gasteiger partial charge in [-0.25, -0.2) is 0 Å². The minimum Gasteiger partial charge on any atom is -0.390 e. The number of ketones is 1. The summed E-state index contributed by atoms with van der Waals surface area (Å²) in [6.07, 6.45) is 7.76. The summed E-state index contributed by atoms with van der Waals surface area (Å²) in [7, 11) is 0. The summed E-state index contributed by atoms with van der Waals surface area (Å²) >= 11 is 0. The number of aliphatic hydroxyl groups is 1. The average molecular weight is 347 g/mol. The van der Waals surface area contributed by atoms with E-state index >= 15 is 0 Å². The molecule has 0 aromatic rings. The lowest BCUT2D eigenvalue weighted by molar-refractivity contribution is -0.177. The highest BCUT2D eigenvalue weighted by atomic mass is 16.3. The van der Waals surface area contributed by atoms with E-state index in [1.807, 2.05) is 6.92 Å². The van der Waals surface area contributed by atoms with Crippen LogP contribution >= 0.6 is 0 Å². The van der Waals surface area contributed by atoms with Crippen LogP contribution in [-0.4, -0.2) is 22.8 Å². The Morgan fingerprint density at radius 2 is 1.76 bits per heavy atom. The Labute approximate surface area is 151 Å². The molecule has 140 valence electrons. The summed E-state index contributed by atoms with van der Waals surface area (Å²) in [5.41, 5.74) is -0.890. The van der Waals surface area contributed by atoms with E-state index in [1.165, 1.54) is 6.29 Å². The van der Waals surface area contributed by atoms with Gasteiger partial charge in [-0.2, -0.15) is 0 Å². The topological polar surface area (TPSA) is 54.4 Å². The quantitative estimate of drug-likeness (QED) is 0.730. The summed E-state index contributed by atoms with van der Waals surface area (Å²) in [6, 6.07) is 0. The summed E-state index contributed by atoms with van der Waals surface area (Å²) < 4.78 is 0. The highest BCUT2D eigenvalue weighted by Crippen LogP contribution is 2.68. The molecule has 4 aliphatic carbocycles. The second-order valence-electron chi connectivity index (χ2n) is 10.4. The molecule has 4 aliphatic rings. The molecule has 0 amide bonds. The third-order valence-corrected chi connectivity index (χ3v) is 9.64. The zero-order valence-corrected chi connectivity index (χ0v) is 16.3. The van der Waals surface area contributed by atoms with Gasteiger partial charge in [0.2, 0.25) is 0 Å². The third kappa shape index (κ3) is 2.08. The Bertz CT molecular complexity index is 596. The Morgan fingerprint density at radius 1 is 1.08 bits per heavy atom. The molecule has 4 unspecified atom stereocenters. The number of hydrogen-bond donors (Lipinski definition) is 1. The monoisotopic (exact) mass is 346 g/mol. The van der Waals surface area contributed by atoms with Crippen LogP contribution in [0.5, 0.6) is 0 Å². The summed E-state index contributed by atoms with van der Waals surface area (Å²) in [5.74, 6) is 2.48. The molecule has 0 heterocycles. The van der Waals surface area contributed by atoms with Gasteiger partial charge in [0.05, 0.1) is 5.60 Å². The van der Waals surface area contributed by atoms with Crippen molar-refractivity contribution in [2.75, 3.05) is 0 Å². The van der Waals surface area contributed by atoms with Crippen LogP contribution in [0.3, 0.4) is 0 Å². The predicted octanol–water partition coefficient (Wildman–Crippen LogP) is 4.02. The molecule has 1 N–H and O–H groups in total. The van der Waals surface area contributed by atoms with Crippen molar-refractivity contribution in [3.05, 3.63) is 0 Å². The predicted molar refractivity (Wildman–Crippen MR) is 96.8 cm³/mol. The normalized spacial score (nSPS) is 58.2. The number of Topliss-reactive ketones (excluding diaryl/α,β-unsaturated/α-hetero) is 1. The summed E-state index contributed by atoms with van der Waals surface area (Å²) in [5, 5.41) is 11.0. The van der Waals surface area contributed by atoms with Crippen LogP contribution < -0.4 is 0 Å². The largest absolute Gasteiger partial charge is 0.390 e. The fraction of sp³-hybridized carbons (Fsp3) is 0.909. The Balaban J connectivity index is 1.75. The van der Waals surface area contributed by atoms with E-state index in [0.717, 1.165) is 38.5 Å². The van der Waals surface area contributed by atoms with Crippen LogP contribution in [0, 0.1) is 46.3 Å². The molecule has 4 saturated carbocycles. The van der Waals surface area contributed by atoms with Crippen molar-refractivity contribution in [2.45, 2.75) is 78.2 Å². The van der Waals surface area contributed by atoms with Crippen LogP contribution in [0.4, 0.5) is 0 Å². The standard InChI is InChI=1S/C22H34O3/c1-13-11-15-16-6-9-21(4,25)20(16,3)8-5-17(15)22(12-23)10-7-18(24)14(2)19(13)22/h12-17,19,25H,5-11H2,1-4H3/t13?,14?,15-,16-,17+,19?,20-,21?,22-/m0/s1. The number of hydrogen-bond acceptors (Lipinski definition) is 3. The third-order valence-electron chi connectivity index (χ3n) is 9.64. The highest BCUT2D eigenvalue weighted by molar-refractivity contribution is 5.84. The number of fused-ring (bicyclic) bond motifs is 5. The smallest absolute Gasteiger partial charge is 0.136 e. The minimum absolute atomic E-state index is 0.0130. The zero-order chi connectivity index (χ0) is 18.2. The molecule has 4 rings (SSSR count). The first-order chi connectivity index (χ1) is 11.7. The van der Waals surface area contributed by atoms with Gasteiger partial charge in [0.25, 0.3) is 0 Å². The maximum Gasteiger partial charge on any atom is 0.136 e. The molecule has 0 spiro atoms. The highest BCUT2D eigenvalue weighted by Gasteiger charge is 2.66. The molecule has 3 heteroatoms. The molecule has 25 heavy (non-hydrogen) atoms. The molecule has 3 nitrogen and oxygen atoms in total. The summed E-state index contributed by atoms with van der Waals surface area (Å²) in [6.45, 7) is 8.65. The molecule has 0 aromatic carbocycles. The van der Waals surface area contributed by atoms with Gasteiger partial charge >= 0.3 is 0 Å². The first-order valence-corrected chi connectivity index (χ1v) is 10.4. The van der Waals surface area contributed by atoms with Crippen molar-refractivity contribution in [3.8, 4) is 0 Å². The molecular weight excluding hydrogens is 312 g/mol. The fourth-order valence-corrected chi connectivity index (χ4v) is 8.18. The summed E-state index contributed by atoms with van der Waals surface area (Å²) in [4.78, 5) is 24.9. The van der Waals surface area contributed by atoms with Gasteiger partial charge in [0.1, 0.15) is 12.1 Å². The molecule has 4 fully saturated rings. The number of rotatable bonds is 1. The first kappa shape index (κ1) is 17.7. The van der Waals surface area contributed by atoms with Gasteiger partial charge in [-0.1, -0.05) is 20.8 Å². The van der Waals surface area contributed by atoms with Gasteiger partial charge in [-0.15, -0.1) is 0 Å². The molecule has 0 aliphatic heterocycles. The Morgan fingerprint density at radius 3 is 2.44 bits per heavy atom. The Hall–Kier alpha value is -0.700. The van der Waals surface area contributed by atoms with Gasteiger partial charge in [-0.3, -0.25) is 4.79 Å². The SMILES string of the molecule is CC1C[C@@H]2[C@@H](CC[C@@]3(C)[C@H]2CCC3(C)O)[C@@]2(C=O)CCC(=O)C(C)C12. The van der Waals surface area contributed by atoms with E-state index < -0.39 is 5.60 Å². The molecule has 0 radical (unpaired) electrons. The van der Waals surface area contributed by atoms with Gasteiger partial charge in [0, 0.05) is 17.8 Å². The second-order valence-corrected chi connectivity index (χ2v) is 10.4. The maximum atomic E-state index is 12.5.